The third-order valence-electron chi connectivity index (χ3n) is 4.19. The molecule has 0 radical (unpaired) electrons. The Morgan fingerprint density at radius 3 is 2.22 bits per heavy atom. The van der Waals surface area contributed by atoms with E-state index in [2.05, 4.69) is 4.98 Å². The highest BCUT2D eigenvalue weighted by Crippen LogP contribution is 2.28. The Morgan fingerprint density at radius 1 is 1.00 bits per heavy atom. The zero-order valence-electron chi connectivity index (χ0n) is 15.6. The summed E-state index contributed by atoms with van der Waals surface area (Å²) in [6, 6.07) is 15.9. The molecule has 0 N–H and O–H groups in total. The van der Waals surface area contributed by atoms with E-state index in [1.54, 1.807) is 49.8 Å². The normalized spacial score (nSPS) is 11.2. The van der Waals surface area contributed by atoms with Crippen LogP contribution in [0.1, 0.15) is 16.7 Å². The van der Waals surface area contributed by atoms with Crippen LogP contribution >= 0.6 is 0 Å². The summed E-state index contributed by atoms with van der Waals surface area (Å²) in [6.45, 7) is 4.11. The first-order valence-electron chi connectivity index (χ1n) is 8.54. The molecule has 0 aliphatic rings. The average molecular weight is 382 g/mol. The summed E-state index contributed by atoms with van der Waals surface area (Å²) in [7, 11) is -2.21. The summed E-state index contributed by atoms with van der Waals surface area (Å²) in [6.07, 6.45) is 3.35. The van der Waals surface area contributed by atoms with Gasteiger partial charge in [-0.2, -0.15) is 0 Å². The van der Waals surface area contributed by atoms with E-state index in [1.807, 2.05) is 38.1 Å². The molecular weight excluding hydrogens is 360 g/mol. The largest absolute Gasteiger partial charge is 0.497 e. The number of rotatable bonds is 6. The van der Waals surface area contributed by atoms with E-state index in [1.165, 1.54) is 4.31 Å². The molecule has 2 aromatic carbocycles. The van der Waals surface area contributed by atoms with Crippen LogP contribution in [0.25, 0.3) is 0 Å². The van der Waals surface area contributed by atoms with Crippen molar-refractivity contribution in [2.24, 2.45) is 0 Å². The molecule has 0 fully saturated rings. The Morgan fingerprint density at radius 2 is 1.67 bits per heavy atom. The number of ether oxygens (including phenoxy) is 1. The summed E-state index contributed by atoms with van der Waals surface area (Å²) in [5.41, 5.74) is 3.46. The number of methoxy groups -OCH3 is 1. The second kappa shape index (κ2) is 7.80. The van der Waals surface area contributed by atoms with Gasteiger partial charge in [0.1, 0.15) is 5.75 Å². The van der Waals surface area contributed by atoms with Crippen molar-refractivity contribution in [2.75, 3.05) is 11.4 Å². The van der Waals surface area contributed by atoms with Crippen molar-refractivity contribution in [3.8, 4) is 5.75 Å². The van der Waals surface area contributed by atoms with Gasteiger partial charge in [0.2, 0.25) is 0 Å². The molecule has 0 amide bonds. The van der Waals surface area contributed by atoms with Crippen molar-refractivity contribution in [1.82, 2.24) is 4.98 Å². The molecule has 0 aliphatic heterocycles. The van der Waals surface area contributed by atoms with Gasteiger partial charge in [0.05, 0.1) is 24.2 Å². The van der Waals surface area contributed by atoms with Gasteiger partial charge in [0.25, 0.3) is 10.0 Å². The van der Waals surface area contributed by atoms with Crippen LogP contribution < -0.4 is 9.04 Å². The number of pyridine rings is 1. The molecule has 0 bridgehead atoms. The van der Waals surface area contributed by atoms with E-state index in [9.17, 15) is 8.42 Å². The summed E-state index contributed by atoms with van der Waals surface area (Å²) in [5, 5.41) is 0. The number of sulfonamides is 1. The molecule has 1 heterocycles. The number of aryl methyl sites for hydroxylation is 2. The van der Waals surface area contributed by atoms with Crippen molar-refractivity contribution in [1.29, 1.82) is 0 Å². The first-order chi connectivity index (χ1) is 12.9. The maximum Gasteiger partial charge on any atom is 0.264 e. The first kappa shape index (κ1) is 18.9. The lowest BCUT2D eigenvalue weighted by atomic mass is 10.1. The van der Waals surface area contributed by atoms with Crippen LogP contribution in [0.5, 0.6) is 5.75 Å². The molecule has 0 spiro atoms. The van der Waals surface area contributed by atoms with Gasteiger partial charge in [-0.05, 0) is 73.0 Å². The fourth-order valence-electron chi connectivity index (χ4n) is 2.94. The zero-order chi connectivity index (χ0) is 19.4. The second-order valence-corrected chi connectivity index (χ2v) is 8.26. The van der Waals surface area contributed by atoms with E-state index >= 15 is 0 Å². The molecule has 6 heteroatoms. The van der Waals surface area contributed by atoms with E-state index in [0.29, 0.717) is 11.4 Å². The quantitative estimate of drug-likeness (QED) is 0.644. The van der Waals surface area contributed by atoms with Gasteiger partial charge in [0.15, 0.2) is 0 Å². The van der Waals surface area contributed by atoms with E-state index in [4.69, 9.17) is 4.74 Å². The molecule has 3 aromatic rings. The minimum absolute atomic E-state index is 0.199. The van der Waals surface area contributed by atoms with Crippen molar-refractivity contribution in [2.45, 2.75) is 25.3 Å². The fraction of sp³-hybridized carbons (Fsp3) is 0.190. The maximum atomic E-state index is 13.4. The second-order valence-electron chi connectivity index (χ2n) is 6.39. The van der Waals surface area contributed by atoms with Crippen LogP contribution in [0.15, 0.2) is 71.9 Å². The highest BCUT2D eigenvalue weighted by molar-refractivity contribution is 7.92. The maximum absolute atomic E-state index is 13.4. The van der Waals surface area contributed by atoms with Crippen molar-refractivity contribution in [3.05, 3.63) is 83.7 Å². The molecule has 140 valence electrons. The van der Waals surface area contributed by atoms with Gasteiger partial charge < -0.3 is 4.74 Å². The van der Waals surface area contributed by atoms with Gasteiger partial charge in [-0.15, -0.1) is 0 Å². The Balaban J connectivity index is 2.09. The predicted octanol–water partition coefficient (Wildman–Crippen LogP) is 4.10. The predicted molar refractivity (Wildman–Crippen MR) is 107 cm³/mol. The molecule has 3 rings (SSSR count). The lowest BCUT2D eigenvalue weighted by Gasteiger charge is -2.25. The van der Waals surface area contributed by atoms with Gasteiger partial charge in [-0.1, -0.05) is 12.1 Å². The van der Waals surface area contributed by atoms with Crippen molar-refractivity contribution < 1.29 is 13.2 Å². The molecule has 1 aromatic heterocycles. The molecule has 27 heavy (non-hydrogen) atoms. The Kier molecular flexibility index (Phi) is 5.46. The number of benzene rings is 2. The van der Waals surface area contributed by atoms with Gasteiger partial charge in [-0.25, -0.2) is 8.42 Å². The van der Waals surface area contributed by atoms with E-state index in [-0.39, 0.29) is 11.4 Å². The first-order valence-corrected chi connectivity index (χ1v) is 9.98. The molecule has 0 unspecified atom stereocenters. The minimum atomic E-state index is -3.76. The van der Waals surface area contributed by atoms with Gasteiger partial charge in [0, 0.05) is 12.4 Å². The average Bonchev–Trinajstić information content (AvgIpc) is 2.66. The van der Waals surface area contributed by atoms with Crippen LogP contribution in [0.4, 0.5) is 5.69 Å². The van der Waals surface area contributed by atoms with Gasteiger partial charge in [-0.3, -0.25) is 9.29 Å². The Bertz CT molecular complexity index is 997. The van der Waals surface area contributed by atoms with Crippen LogP contribution in [-0.2, 0) is 16.6 Å². The highest BCUT2D eigenvalue weighted by atomic mass is 32.2. The summed E-state index contributed by atoms with van der Waals surface area (Å²) in [4.78, 5) is 4.32. The highest BCUT2D eigenvalue weighted by Gasteiger charge is 2.25. The minimum Gasteiger partial charge on any atom is -0.497 e. The van der Waals surface area contributed by atoms with Crippen molar-refractivity contribution in [3.63, 3.8) is 0 Å². The lowest BCUT2D eigenvalue weighted by molar-refractivity contribution is 0.414. The van der Waals surface area contributed by atoms with Crippen LogP contribution in [-0.4, -0.2) is 20.5 Å². The fourth-order valence-corrected chi connectivity index (χ4v) is 4.38. The van der Waals surface area contributed by atoms with Crippen LogP contribution in [0.2, 0.25) is 0 Å². The number of aromatic nitrogens is 1. The SMILES string of the molecule is COc1ccc(S(=O)(=O)N(Cc2cccnc2)c2cc(C)cc(C)c2)cc1. The molecule has 5 nitrogen and oxygen atoms in total. The zero-order valence-corrected chi connectivity index (χ0v) is 16.4. The molecule has 0 saturated carbocycles. The molecule has 0 atom stereocenters. The number of hydrogen-bond donors (Lipinski definition) is 0. The van der Waals surface area contributed by atoms with E-state index < -0.39 is 10.0 Å². The number of anilines is 1. The van der Waals surface area contributed by atoms with Gasteiger partial charge >= 0.3 is 0 Å². The smallest absolute Gasteiger partial charge is 0.264 e. The summed E-state index contributed by atoms with van der Waals surface area (Å²) >= 11 is 0. The van der Waals surface area contributed by atoms with Crippen LogP contribution in [0.3, 0.4) is 0 Å². The third kappa shape index (κ3) is 4.28. The Labute approximate surface area is 160 Å². The summed E-state index contributed by atoms with van der Waals surface area (Å²) < 4.78 is 33.4. The molecular formula is C21H22N2O3S. The molecule has 0 aliphatic carbocycles. The van der Waals surface area contributed by atoms with Crippen LogP contribution in [0, 0.1) is 13.8 Å². The standard InChI is InChI=1S/C21H22N2O3S/c1-16-11-17(2)13-19(12-16)23(15-18-5-4-10-22-14-18)27(24,25)21-8-6-20(26-3)7-9-21/h4-14H,15H2,1-3H3. The monoisotopic (exact) mass is 382 g/mol. The summed E-state index contributed by atoms with van der Waals surface area (Å²) in [5.74, 6) is 0.610. The van der Waals surface area contributed by atoms with E-state index in [0.717, 1.165) is 16.7 Å². The number of hydrogen-bond acceptors (Lipinski definition) is 4. The lowest BCUT2D eigenvalue weighted by Crippen LogP contribution is -2.30. The topological polar surface area (TPSA) is 59.5 Å². The third-order valence-corrected chi connectivity index (χ3v) is 5.98. The Hall–Kier alpha value is -2.86. The van der Waals surface area contributed by atoms with Crippen molar-refractivity contribution >= 4 is 15.7 Å². The number of nitrogens with zero attached hydrogens (tertiary/aromatic N) is 2. The molecule has 0 saturated heterocycles.